The highest BCUT2D eigenvalue weighted by Crippen LogP contribution is 2.29. The van der Waals surface area contributed by atoms with Crippen LogP contribution in [0.2, 0.25) is 0 Å². The van der Waals surface area contributed by atoms with Gasteiger partial charge in [-0.1, -0.05) is 6.92 Å². The van der Waals surface area contributed by atoms with E-state index in [4.69, 9.17) is 4.74 Å². The van der Waals surface area contributed by atoms with Crippen molar-refractivity contribution in [2.75, 3.05) is 7.11 Å². The van der Waals surface area contributed by atoms with Crippen LogP contribution in [0.4, 0.5) is 13.2 Å². The van der Waals surface area contributed by atoms with Crippen LogP contribution < -0.4 is 0 Å². The second-order valence-corrected chi connectivity index (χ2v) is 2.72. The molecule has 0 fully saturated rings. The molecule has 0 aromatic heterocycles. The normalized spacial score (nSPS) is 18.0. The smallest absolute Gasteiger partial charge is 0.382 e. The Hall–Kier alpha value is -0.250. The number of methoxy groups -OCH3 is 1. The van der Waals surface area contributed by atoms with E-state index in [2.05, 4.69) is 0 Å². The van der Waals surface area contributed by atoms with Crippen molar-refractivity contribution in [3.63, 3.8) is 0 Å². The van der Waals surface area contributed by atoms with Crippen molar-refractivity contribution in [3.8, 4) is 0 Å². The average molecular weight is 170 g/mol. The number of ether oxygens (including phenoxy) is 1. The molecule has 0 aliphatic heterocycles. The van der Waals surface area contributed by atoms with Gasteiger partial charge in [0.25, 0.3) is 0 Å². The van der Waals surface area contributed by atoms with Crippen molar-refractivity contribution in [1.29, 1.82) is 0 Å². The Morgan fingerprint density at radius 3 is 2.00 bits per heavy atom. The van der Waals surface area contributed by atoms with E-state index in [1.807, 2.05) is 0 Å². The van der Waals surface area contributed by atoms with Crippen molar-refractivity contribution in [1.82, 2.24) is 0 Å². The summed E-state index contributed by atoms with van der Waals surface area (Å²) in [5.41, 5.74) is 0. The van der Waals surface area contributed by atoms with Crippen LogP contribution in [-0.2, 0) is 4.74 Å². The van der Waals surface area contributed by atoms with Gasteiger partial charge in [0.15, 0.2) is 0 Å². The highest BCUT2D eigenvalue weighted by Gasteiger charge is 2.36. The molecule has 0 aromatic rings. The van der Waals surface area contributed by atoms with Gasteiger partial charge in [-0.2, -0.15) is 13.2 Å². The predicted molar refractivity (Wildman–Crippen MR) is 36.3 cm³/mol. The number of hydrogen-bond donors (Lipinski definition) is 0. The molecule has 68 valence electrons. The van der Waals surface area contributed by atoms with E-state index in [0.717, 1.165) is 6.92 Å². The van der Waals surface area contributed by atoms with Crippen molar-refractivity contribution < 1.29 is 17.9 Å². The summed E-state index contributed by atoms with van der Waals surface area (Å²) in [5, 5.41) is 0. The van der Waals surface area contributed by atoms with Gasteiger partial charge < -0.3 is 4.74 Å². The largest absolute Gasteiger partial charge is 0.391 e. The Bertz CT molecular complexity index is 111. The molecule has 0 rings (SSSR count). The lowest BCUT2D eigenvalue weighted by Crippen LogP contribution is -2.24. The summed E-state index contributed by atoms with van der Waals surface area (Å²) in [6.45, 7) is 2.79. The first-order valence-corrected chi connectivity index (χ1v) is 3.47. The summed E-state index contributed by atoms with van der Waals surface area (Å²) in [6.07, 6.45) is -4.39. The van der Waals surface area contributed by atoms with Gasteiger partial charge in [0.2, 0.25) is 0 Å². The molecule has 2 unspecified atom stereocenters. The summed E-state index contributed by atoms with van der Waals surface area (Å²) in [6, 6.07) is 0. The molecular formula is C7H13F3O. The quantitative estimate of drug-likeness (QED) is 0.632. The standard InChI is InChI=1S/C7H13F3O/c1-5(7(8,9)10)4-6(2)11-3/h5-6H,4H2,1-3H3. The lowest BCUT2D eigenvalue weighted by Gasteiger charge is -2.18. The lowest BCUT2D eigenvalue weighted by atomic mass is 10.0. The molecule has 0 bridgehead atoms. The fraction of sp³-hybridized carbons (Fsp3) is 1.00. The van der Waals surface area contributed by atoms with Crippen LogP contribution in [0.1, 0.15) is 20.3 Å². The summed E-state index contributed by atoms with van der Waals surface area (Å²) >= 11 is 0. The summed E-state index contributed by atoms with van der Waals surface area (Å²) in [7, 11) is 1.41. The van der Waals surface area contributed by atoms with Gasteiger partial charge in [0.05, 0.1) is 12.0 Å². The second kappa shape index (κ2) is 3.95. The van der Waals surface area contributed by atoms with E-state index in [0.29, 0.717) is 0 Å². The Kier molecular flexibility index (Phi) is 3.86. The Morgan fingerprint density at radius 1 is 1.27 bits per heavy atom. The average Bonchev–Trinajstić information content (AvgIpc) is 1.85. The first-order valence-electron chi connectivity index (χ1n) is 3.47. The molecule has 2 atom stereocenters. The molecule has 0 radical (unpaired) electrons. The lowest BCUT2D eigenvalue weighted by molar-refractivity contribution is -0.176. The second-order valence-electron chi connectivity index (χ2n) is 2.72. The number of alkyl halides is 3. The molecule has 0 saturated carbocycles. The molecule has 0 heterocycles. The highest BCUT2D eigenvalue weighted by molar-refractivity contribution is 4.65. The van der Waals surface area contributed by atoms with E-state index in [-0.39, 0.29) is 12.5 Å². The predicted octanol–water partition coefficient (Wildman–Crippen LogP) is 2.61. The SMILES string of the molecule is COC(C)CC(C)C(F)(F)F. The van der Waals surface area contributed by atoms with Gasteiger partial charge >= 0.3 is 6.18 Å². The zero-order valence-electron chi connectivity index (χ0n) is 6.90. The van der Waals surface area contributed by atoms with Crippen LogP contribution in [0, 0.1) is 5.92 Å². The molecule has 0 saturated heterocycles. The summed E-state index contributed by atoms with van der Waals surface area (Å²) < 4.78 is 40.4. The van der Waals surface area contributed by atoms with E-state index in [1.165, 1.54) is 7.11 Å². The van der Waals surface area contributed by atoms with E-state index in [1.54, 1.807) is 6.92 Å². The highest BCUT2D eigenvalue weighted by atomic mass is 19.4. The van der Waals surface area contributed by atoms with E-state index in [9.17, 15) is 13.2 Å². The molecule has 1 nitrogen and oxygen atoms in total. The van der Waals surface area contributed by atoms with Gasteiger partial charge in [0.1, 0.15) is 0 Å². The topological polar surface area (TPSA) is 9.23 Å². The fourth-order valence-electron chi connectivity index (χ4n) is 0.728. The third-order valence-corrected chi connectivity index (χ3v) is 1.65. The third kappa shape index (κ3) is 4.24. The number of hydrogen-bond acceptors (Lipinski definition) is 1. The Labute approximate surface area is 64.5 Å². The molecule has 0 N–H and O–H groups in total. The monoisotopic (exact) mass is 170 g/mol. The van der Waals surface area contributed by atoms with Crippen molar-refractivity contribution in [2.45, 2.75) is 32.5 Å². The van der Waals surface area contributed by atoms with E-state index >= 15 is 0 Å². The van der Waals surface area contributed by atoms with Gasteiger partial charge in [-0.25, -0.2) is 0 Å². The van der Waals surface area contributed by atoms with Crippen molar-refractivity contribution in [2.24, 2.45) is 5.92 Å². The van der Waals surface area contributed by atoms with Crippen LogP contribution in [0.3, 0.4) is 0 Å². The molecule has 4 heteroatoms. The Morgan fingerprint density at radius 2 is 1.73 bits per heavy atom. The maximum absolute atomic E-state index is 11.9. The first kappa shape index (κ1) is 10.8. The van der Waals surface area contributed by atoms with E-state index < -0.39 is 12.1 Å². The third-order valence-electron chi connectivity index (χ3n) is 1.65. The molecule has 11 heavy (non-hydrogen) atoms. The molecule has 0 aromatic carbocycles. The molecule has 0 amide bonds. The zero-order chi connectivity index (χ0) is 9.07. The maximum Gasteiger partial charge on any atom is 0.391 e. The number of rotatable bonds is 3. The van der Waals surface area contributed by atoms with Crippen LogP contribution in [0.25, 0.3) is 0 Å². The first-order chi connectivity index (χ1) is 4.88. The molecule has 0 spiro atoms. The minimum absolute atomic E-state index is 0.0278. The molecule has 0 aliphatic rings. The van der Waals surface area contributed by atoms with Crippen LogP contribution >= 0.6 is 0 Å². The summed E-state index contributed by atoms with van der Waals surface area (Å²) in [4.78, 5) is 0. The number of halogens is 3. The molecule has 0 aliphatic carbocycles. The zero-order valence-corrected chi connectivity index (χ0v) is 6.90. The maximum atomic E-state index is 11.9. The van der Waals surface area contributed by atoms with Crippen LogP contribution in [0.15, 0.2) is 0 Å². The van der Waals surface area contributed by atoms with Gasteiger partial charge in [0, 0.05) is 7.11 Å². The van der Waals surface area contributed by atoms with Gasteiger partial charge in [-0.3, -0.25) is 0 Å². The minimum atomic E-state index is -4.09. The van der Waals surface area contributed by atoms with Gasteiger partial charge in [-0.15, -0.1) is 0 Å². The minimum Gasteiger partial charge on any atom is -0.382 e. The fourth-order valence-corrected chi connectivity index (χ4v) is 0.728. The molecular weight excluding hydrogens is 157 g/mol. The summed E-state index contributed by atoms with van der Waals surface area (Å²) in [5.74, 6) is -1.28. The van der Waals surface area contributed by atoms with Crippen LogP contribution in [-0.4, -0.2) is 19.4 Å². The van der Waals surface area contributed by atoms with Crippen molar-refractivity contribution >= 4 is 0 Å². The van der Waals surface area contributed by atoms with Gasteiger partial charge in [-0.05, 0) is 13.3 Å². The van der Waals surface area contributed by atoms with Crippen LogP contribution in [0.5, 0.6) is 0 Å². The Balaban J connectivity index is 3.77. The van der Waals surface area contributed by atoms with Crippen molar-refractivity contribution in [3.05, 3.63) is 0 Å².